The average molecular weight is 389 g/mol. The van der Waals surface area contributed by atoms with Gasteiger partial charge in [-0.25, -0.2) is 8.42 Å². The summed E-state index contributed by atoms with van der Waals surface area (Å²) in [5, 5.41) is 3.21. The van der Waals surface area contributed by atoms with Gasteiger partial charge in [0.15, 0.2) is 0 Å². The molecule has 0 spiro atoms. The highest BCUT2D eigenvalue weighted by Gasteiger charge is 2.20. The van der Waals surface area contributed by atoms with Gasteiger partial charge in [0.25, 0.3) is 10.0 Å². The van der Waals surface area contributed by atoms with Crippen molar-refractivity contribution in [3.8, 4) is 0 Å². The molecule has 0 bridgehead atoms. The number of rotatable bonds is 6. The van der Waals surface area contributed by atoms with Crippen molar-refractivity contribution in [2.24, 2.45) is 0 Å². The molecule has 1 aromatic heterocycles. The summed E-state index contributed by atoms with van der Waals surface area (Å²) in [6.07, 6.45) is 0. The van der Waals surface area contributed by atoms with Crippen molar-refractivity contribution in [2.75, 3.05) is 11.3 Å². The maximum Gasteiger partial charge on any atom is 0.263 e. The minimum Gasteiger partial charge on any atom is -0.313 e. The van der Waals surface area contributed by atoms with Crippen molar-refractivity contribution in [3.05, 3.63) is 44.6 Å². The van der Waals surface area contributed by atoms with E-state index in [1.54, 1.807) is 19.1 Å². The van der Waals surface area contributed by atoms with E-state index in [1.807, 2.05) is 25.1 Å². The van der Waals surface area contributed by atoms with Crippen LogP contribution in [0.5, 0.6) is 0 Å². The number of nitrogens with one attached hydrogen (secondary N) is 2. The van der Waals surface area contributed by atoms with Crippen LogP contribution in [0.4, 0.5) is 5.69 Å². The standard InChI is InChI=1S/C14H17BrN2O2S2/c1-3-16-9-11-6-4-5-7-12(11)17-21(18,19)13-8-14(15)20-10(13)2/h4-8,16-17H,3,9H2,1-2H3. The lowest BCUT2D eigenvalue weighted by molar-refractivity contribution is 0.601. The molecule has 2 aromatic rings. The number of hydrogen-bond donors (Lipinski definition) is 2. The van der Waals surface area contributed by atoms with E-state index in [4.69, 9.17) is 0 Å². The van der Waals surface area contributed by atoms with Crippen LogP contribution in [0.3, 0.4) is 0 Å². The molecule has 0 amide bonds. The first-order chi connectivity index (χ1) is 9.94. The minimum absolute atomic E-state index is 0.317. The number of para-hydroxylation sites is 1. The Morgan fingerprint density at radius 3 is 2.62 bits per heavy atom. The van der Waals surface area contributed by atoms with E-state index < -0.39 is 10.0 Å². The van der Waals surface area contributed by atoms with Gasteiger partial charge in [-0.1, -0.05) is 25.1 Å². The maximum absolute atomic E-state index is 12.5. The van der Waals surface area contributed by atoms with Crippen LogP contribution in [0, 0.1) is 6.92 Å². The third-order valence-electron chi connectivity index (χ3n) is 2.96. The van der Waals surface area contributed by atoms with Crippen LogP contribution in [0.1, 0.15) is 17.4 Å². The van der Waals surface area contributed by atoms with E-state index in [2.05, 4.69) is 26.0 Å². The second kappa shape index (κ2) is 6.91. The summed E-state index contributed by atoms with van der Waals surface area (Å²) < 4.78 is 28.5. The first-order valence-electron chi connectivity index (χ1n) is 6.51. The molecule has 0 atom stereocenters. The maximum atomic E-state index is 12.5. The van der Waals surface area contributed by atoms with Crippen LogP contribution < -0.4 is 10.0 Å². The van der Waals surface area contributed by atoms with E-state index >= 15 is 0 Å². The fourth-order valence-corrected chi connectivity index (χ4v) is 5.45. The van der Waals surface area contributed by atoms with E-state index in [0.29, 0.717) is 17.1 Å². The van der Waals surface area contributed by atoms with E-state index in [1.165, 1.54) is 11.3 Å². The second-order valence-electron chi connectivity index (χ2n) is 4.51. The lowest BCUT2D eigenvalue weighted by atomic mass is 10.2. The zero-order valence-electron chi connectivity index (χ0n) is 11.8. The van der Waals surface area contributed by atoms with E-state index in [-0.39, 0.29) is 0 Å². The van der Waals surface area contributed by atoms with Crippen LogP contribution in [-0.2, 0) is 16.6 Å². The molecule has 1 heterocycles. The monoisotopic (exact) mass is 388 g/mol. The fraction of sp³-hybridized carbons (Fsp3) is 0.286. The summed E-state index contributed by atoms with van der Waals surface area (Å²) in [4.78, 5) is 1.08. The molecule has 7 heteroatoms. The molecule has 2 N–H and O–H groups in total. The summed E-state index contributed by atoms with van der Waals surface area (Å²) in [6.45, 7) is 5.27. The summed E-state index contributed by atoms with van der Waals surface area (Å²) in [7, 11) is -3.57. The molecule has 0 aliphatic rings. The highest BCUT2D eigenvalue weighted by molar-refractivity contribution is 9.11. The van der Waals surface area contributed by atoms with E-state index in [9.17, 15) is 8.42 Å². The average Bonchev–Trinajstić information content (AvgIpc) is 2.77. The molecule has 21 heavy (non-hydrogen) atoms. The molecule has 0 aliphatic heterocycles. The van der Waals surface area contributed by atoms with Gasteiger partial charge in [-0.15, -0.1) is 11.3 Å². The van der Waals surface area contributed by atoms with Crippen molar-refractivity contribution in [3.63, 3.8) is 0 Å². The highest BCUT2D eigenvalue weighted by atomic mass is 79.9. The van der Waals surface area contributed by atoms with Gasteiger partial charge in [-0.2, -0.15) is 0 Å². The number of hydrogen-bond acceptors (Lipinski definition) is 4. The molecule has 1 aromatic carbocycles. The van der Waals surface area contributed by atoms with Gasteiger partial charge in [0, 0.05) is 11.4 Å². The second-order valence-corrected chi connectivity index (χ2v) is 8.80. The molecular formula is C14H17BrN2O2S2. The van der Waals surface area contributed by atoms with Gasteiger partial charge >= 0.3 is 0 Å². The van der Waals surface area contributed by atoms with Gasteiger partial charge in [0.1, 0.15) is 4.90 Å². The molecule has 2 rings (SSSR count). The van der Waals surface area contributed by atoms with Gasteiger partial charge in [-0.05, 0) is 47.1 Å². The summed E-state index contributed by atoms with van der Waals surface area (Å²) >= 11 is 4.74. The molecule has 114 valence electrons. The van der Waals surface area contributed by atoms with Gasteiger partial charge in [0.05, 0.1) is 9.47 Å². The third kappa shape index (κ3) is 4.06. The topological polar surface area (TPSA) is 58.2 Å². The van der Waals surface area contributed by atoms with E-state index in [0.717, 1.165) is 20.8 Å². The number of aryl methyl sites for hydroxylation is 1. The normalized spacial score (nSPS) is 11.6. The third-order valence-corrected chi connectivity index (χ3v) is 6.13. The van der Waals surface area contributed by atoms with Crippen LogP contribution in [0.2, 0.25) is 0 Å². The Morgan fingerprint density at radius 1 is 1.29 bits per heavy atom. The van der Waals surface area contributed by atoms with Crippen molar-refractivity contribution >= 4 is 43.0 Å². The number of thiophene rings is 1. The number of sulfonamides is 1. The van der Waals surface area contributed by atoms with Gasteiger partial charge in [0.2, 0.25) is 0 Å². The first kappa shape index (κ1) is 16.5. The minimum atomic E-state index is -3.57. The van der Waals surface area contributed by atoms with Crippen LogP contribution in [-0.4, -0.2) is 15.0 Å². The zero-order chi connectivity index (χ0) is 15.5. The van der Waals surface area contributed by atoms with Gasteiger partial charge in [-0.3, -0.25) is 4.72 Å². The zero-order valence-corrected chi connectivity index (χ0v) is 15.0. The Hall–Kier alpha value is -0.890. The van der Waals surface area contributed by atoms with Crippen LogP contribution >= 0.6 is 27.3 Å². The van der Waals surface area contributed by atoms with Crippen molar-refractivity contribution in [1.29, 1.82) is 0 Å². The predicted octanol–water partition coefficient (Wildman–Crippen LogP) is 3.73. The number of halogens is 1. The van der Waals surface area contributed by atoms with Crippen molar-refractivity contribution < 1.29 is 8.42 Å². The summed E-state index contributed by atoms with van der Waals surface area (Å²) in [6, 6.07) is 9.05. The molecule has 0 fully saturated rings. The molecular weight excluding hydrogens is 372 g/mol. The molecule has 0 unspecified atom stereocenters. The Kier molecular flexibility index (Phi) is 5.43. The SMILES string of the molecule is CCNCc1ccccc1NS(=O)(=O)c1cc(Br)sc1C. The Balaban J connectivity index is 2.31. The largest absolute Gasteiger partial charge is 0.313 e. The summed E-state index contributed by atoms with van der Waals surface area (Å²) in [5.74, 6) is 0. The quantitative estimate of drug-likeness (QED) is 0.792. The lowest BCUT2D eigenvalue weighted by Gasteiger charge is -2.12. The van der Waals surface area contributed by atoms with Crippen molar-refractivity contribution in [2.45, 2.75) is 25.3 Å². The smallest absolute Gasteiger partial charge is 0.263 e. The van der Waals surface area contributed by atoms with Crippen LogP contribution in [0.15, 0.2) is 39.0 Å². The molecule has 0 aliphatic carbocycles. The number of anilines is 1. The number of benzene rings is 1. The first-order valence-corrected chi connectivity index (χ1v) is 9.60. The Morgan fingerprint density at radius 2 is 2.00 bits per heavy atom. The summed E-state index contributed by atoms with van der Waals surface area (Å²) in [5.41, 5.74) is 1.54. The molecule has 4 nitrogen and oxygen atoms in total. The van der Waals surface area contributed by atoms with Crippen molar-refractivity contribution in [1.82, 2.24) is 5.32 Å². The molecule has 0 saturated carbocycles. The molecule has 0 radical (unpaired) electrons. The predicted molar refractivity (Wildman–Crippen MR) is 91.4 cm³/mol. The Labute approximate surface area is 137 Å². The highest BCUT2D eigenvalue weighted by Crippen LogP contribution is 2.31. The van der Waals surface area contributed by atoms with Crippen LogP contribution in [0.25, 0.3) is 0 Å². The fourth-order valence-electron chi connectivity index (χ4n) is 1.93. The van der Waals surface area contributed by atoms with Gasteiger partial charge < -0.3 is 5.32 Å². The Bertz CT molecular complexity index is 726. The molecule has 0 saturated heterocycles. The lowest BCUT2D eigenvalue weighted by Crippen LogP contribution is -2.17.